The van der Waals surface area contributed by atoms with Crippen LogP contribution in [0, 0.1) is 0 Å². The molecule has 0 radical (unpaired) electrons. The van der Waals surface area contributed by atoms with E-state index < -0.39 is 0 Å². The Morgan fingerprint density at radius 2 is 2.50 bits per heavy atom. The van der Waals surface area contributed by atoms with Crippen LogP contribution in [0.15, 0.2) is 17.2 Å². The van der Waals surface area contributed by atoms with Gasteiger partial charge in [0, 0.05) is 11.1 Å². The molecule has 0 aliphatic carbocycles. The van der Waals surface area contributed by atoms with Crippen LogP contribution in [-0.2, 0) is 0 Å². The zero-order chi connectivity index (χ0) is 8.55. The Bertz CT molecular complexity index is 342. The predicted octanol–water partition coefficient (Wildman–Crippen LogP) is 1.57. The molecule has 1 aromatic heterocycles. The molecule has 1 aromatic rings. The van der Waals surface area contributed by atoms with Crippen LogP contribution in [0.2, 0.25) is 0 Å². The first-order valence-electron chi connectivity index (χ1n) is 3.44. The first-order chi connectivity index (χ1) is 5.83. The molecule has 3 nitrogen and oxygen atoms in total. The molecule has 1 aliphatic rings. The van der Waals surface area contributed by atoms with E-state index in [1.165, 1.54) is 0 Å². The van der Waals surface area contributed by atoms with E-state index >= 15 is 0 Å². The summed E-state index contributed by atoms with van der Waals surface area (Å²) in [7, 11) is 2.35. The SMILES string of the molecule is O=C1CSc2ccnc(NP)c21. The Hall–Kier alpha value is -0.600. The zero-order valence-electron chi connectivity index (χ0n) is 6.20. The topological polar surface area (TPSA) is 42.0 Å². The Morgan fingerprint density at radius 3 is 3.25 bits per heavy atom. The average molecular weight is 198 g/mol. The lowest BCUT2D eigenvalue weighted by Crippen LogP contribution is -2.00. The van der Waals surface area contributed by atoms with Crippen molar-refractivity contribution < 1.29 is 4.79 Å². The van der Waals surface area contributed by atoms with Gasteiger partial charge in [0.05, 0.1) is 11.3 Å². The van der Waals surface area contributed by atoms with E-state index in [0.717, 1.165) is 10.5 Å². The van der Waals surface area contributed by atoms with Crippen LogP contribution in [0.25, 0.3) is 0 Å². The van der Waals surface area contributed by atoms with Gasteiger partial charge in [0.15, 0.2) is 5.78 Å². The fraction of sp³-hybridized carbons (Fsp3) is 0.143. The first-order valence-corrected chi connectivity index (χ1v) is 5.01. The molecule has 2 rings (SSSR count). The van der Waals surface area contributed by atoms with Crippen LogP contribution < -0.4 is 5.09 Å². The number of thioether (sulfide) groups is 1. The largest absolute Gasteiger partial charge is 0.354 e. The predicted molar refractivity (Wildman–Crippen MR) is 52.6 cm³/mol. The van der Waals surface area contributed by atoms with E-state index in [1.54, 1.807) is 18.0 Å². The molecule has 0 saturated carbocycles. The second-order valence-corrected chi connectivity index (χ2v) is 3.69. The lowest BCUT2D eigenvalue weighted by molar-refractivity contribution is 0.102. The monoisotopic (exact) mass is 198 g/mol. The highest BCUT2D eigenvalue weighted by molar-refractivity contribution is 8.00. The van der Waals surface area contributed by atoms with Crippen LogP contribution in [0.1, 0.15) is 10.4 Å². The summed E-state index contributed by atoms with van der Waals surface area (Å²) < 4.78 is 0. The molecule has 2 heterocycles. The molecule has 1 atom stereocenters. The van der Waals surface area contributed by atoms with E-state index in [4.69, 9.17) is 0 Å². The van der Waals surface area contributed by atoms with Crippen LogP contribution >= 0.6 is 21.2 Å². The normalized spacial score (nSPS) is 14.6. The van der Waals surface area contributed by atoms with Gasteiger partial charge in [-0.05, 0) is 15.5 Å². The minimum atomic E-state index is 0.160. The second kappa shape index (κ2) is 3.04. The zero-order valence-corrected chi connectivity index (χ0v) is 8.17. The second-order valence-electron chi connectivity index (χ2n) is 2.39. The summed E-state index contributed by atoms with van der Waals surface area (Å²) in [6.07, 6.45) is 1.71. The number of rotatable bonds is 1. The maximum absolute atomic E-state index is 11.3. The minimum Gasteiger partial charge on any atom is -0.354 e. The number of carbonyl (C=O) groups is 1. The number of carbonyl (C=O) groups excluding carboxylic acids is 1. The van der Waals surface area contributed by atoms with Crippen molar-refractivity contribution in [1.29, 1.82) is 0 Å². The molecular weight excluding hydrogens is 191 g/mol. The van der Waals surface area contributed by atoms with E-state index in [1.807, 2.05) is 6.07 Å². The van der Waals surface area contributed by atoms with Gasteiger partial charge in [0.1, 0.15) is 5.82 Å². The lowest BCUT2D eigenvalue weighted by Gasteiger charge is -2.02. The van der Waals surface area contributed by atoms with E-state index in [9.17, 15) is 4.79 Å². The van der Waals surface area contributed by atoms with Gasteiger partial charge in [-0.25, -0.2) is 4.98 Å². The van der Waals surface area contributed by atoms with Crippen molar-refractivity contribution in [2.45, 2.75) is 4.90 Å². The van der Waals surface area contributed by atoms with Crippen LogP contribution in [0.4, 0.5) is 5.82 Å². The molecular formula is C7H7N2OPS. The van der Waals surface area contributed by atoms with Gasteiger partial charge < -0.3 is 5.09 Å². The number of hydrogen-bond donors (Lipinski definition) is 1. The fourth-order valence-corrected chi connectivity index (χ4v) is 2.32. The molecule has 12 heavy (non-hydrogen) atoms. The third kappa shape index (κ3) is 1.11. The van der Waals surface area contributed by atoms with Crippen molar-refractivity contribution in [3.05, 3.63) is 17.8 Å². The lowest BCUT2D eigenvalue weighted by atomic mass is 10.2. The summed E-state index contributed by atoms with van der Waals surface area (Å²) in [5.74, 6) is 1.36. The van der Waals surface area contributed by atoms with Crippen molar-refractivity contribution in [1.82, 2.24) is 4.98 Å². The summed E-state index contributed by atoms with van der Waals surface area (Å²) >= 11 is 1.57. The molecule has 5 heteroatoms. The number of ketones is 1. The molecule has 0 saturated heterocycles. The molecule has 1 N–H and O–H groups in total. The molecule has 0 spiro atoms. The summed E-state index contributed by atoms with van der Waals surface area (Å²) in [6, 6.07) is 1.87. The summed E-state index contributed by atoms with van der Waals surface area (Å²) in [5.41, 5.74) is 0.734. The van der Waals surface area contributed by atoms with Gasteiger partial charge in [-0.2, -0.15) is 0 Å². The highest BCUT2D eigenvalue weighted by atomic mass is 32.2. The van der Waals surface area contributed by atoms with Crippen LogP contribution in [0.5, 0.6) is 0 Å². The molecule has 1 unspecified atom stereocenters. The number of nitrogens with one attached hydrogen (secondary N) is 1. The summed E-state index contributed by atoms with van der Waals surface area (Å²) in [4.78, 5) is 16.4. The highest BCUT2D eigenvalue weighted by Crippen LogP contribution is 2.34. The van der Waals surface area contributed by atoms with Crippen molar-refractivity contribution >= 4 is 32.8 Å². The molecule has 1 aliphatic heterocycles. The van der Waals surface area contributed by atoms with Crippen LogP contribution in [0.3, 0.4) is 0 Å². The quantitative estimate of drug-likeness (QED) is 0.695. The number of nitrogens with zero attached hydrogens (tertiary/aromatic N) is 1. The number of pyridine rings is 1. The van der Waals surface area contributed by atoms with Crippen molar-refractivity contribution in [3.8, 4) is 0 Å². The Balaban J connectivity index is 2.60. The maximum atomic E-state index is 11.3. The van der Waals surface area contributed by atoms with Crippen molar-refractivity contribution in [2.75, 3.05) is 10.8 Å². The Morgan fingerprint density at radius 1 is 1.67 bits per heavy atom. The van der Waals surface area contributed by atoms with Crippen molar-refractivity contribution in [3.63, 3.8) is 0 Å². The number of Topliss-reactive ketones (excluding diaryl/α,β-unsaturated/α-hetero) is 1. The van der Waals surface area contributed by atoms with Gasteiger partial charge in [-0.1, -0.05) is 0 Å². The van der Waals surface area contributed by atoms with Crippen molar-refractivity contribution in [2.24, 2.45) is 0 Å². The smallest absolute Gasteiger partial charge is 0.177 e. The van der Waals surface area contributed by atoms with Gasteiger partial charge in [0.25, 0.3) is 0 Å². The third-order valence-electron chi connectivity index (χ3n) is 1.69. The number of anilines is 1. The Labute approximate surface area is 76.6 Å². The van der Waals surface area contributed by atoms with E-state index in [2.05, 4.69) is 19.5 Å². The molecule has 62 valence electrons. The number of aromatic nitrogens is 1. The van der Waals surface area contributed by atoms with Crippen LogP contribution in [-0.4, -0.2) is 16.5 Å². The van der Waals surface area contributed by atoms with E-state index in [0.29, 0.717) is 11.6 Å². The molecule has 0 fully saturated rings. The maximum Gasteiger partial charge on any atom is 0.177 e. The van der Waals surface area contributed by atoms with Gasteiger partial charge >= 0.3 is 0 Å². The van der Waals surface area contributed by atoms with Gasteiger partial charge in [-0.3, -0.25) is 4.79 Å². The van der Waals surface area contributed by atoms with Gasteiger partial charge in [0.2, 0.25) is 0 Å². The number of hydrogen-bond acceptors (Lipinski definition) is 4. The fourth-order valence-electron chi connectivity index (χ4n) is 1.16. The highest BCUT2D eigenvalue weighted by Gasteiger charge is 2.23. The number of fused-ring (bicyclic) bond motifs is 1. The molecule has 0 bridgehead atoms. The summed E-state index contributed by atoms with van der Waals surface area (Å²) in [6.45, 7) is 0. The minimum absolute atomic E-state index is 0.160. The summed E-state index contributed by atoms with van der Waals surface area (Å²) in [5, 5.41) is 2.83. The average Bonchev–Trinajstić information content (AvgIpc) is 2.48. The Kier molecular flexibility index (Phi) is 2.03. The third-order valence-corrected chi connectivity index (χ3v) is 3.02. The molecule has 0 amide bonds. The van der Waals surface area contributed by atoms with E-state index in [-0.39, 0.29) is 5.78 Å². The molecule has 0 aromatic carbocycles. The first kappa shape index (κ1) is 8.02. The van der Waals surface area contributed by atoms with Gasteiger partial charge in [-0.15, -0.1) is 11.8 Å². The standard InChI is InChI=1S/C7H7N2OPS/c10-4-3-12-5-1-2-8-7(9-11)6(4)5/h1-2H,3,11H2,(H,8,9).